The molecule has 1 aliphatic rings. The van der Waals surface area contributed by atoms with Gasteiger partial charge in [0.1, 0.15) is 6.04 Å². The van der Waals surface area contributed by atoms with Gasteiger partial charge in [-0.1, -0.05) is 12.1 Å². The lowest BCUT2D eigenvalue weighted by molar-refractivity contribution is -0.139. The molecule has 1 aromatic carbocycles. The van der Waals surface area contributed by atoms with E-state index >= 15 is 0 Å². The predicted octanol–water partition coefficient (Wildman–Crippen LogP) is 1.40. The minimum absolute atomic E-state index is 0.589. The van der Waals surface area contributed by atoms with Gasteiger partial charge in [0.2, 0.25) is 0 Å². The third-order valence-electron chi connectivity index (χ3n) is 2.88. The molecule has 15 heavy (non-hydrogen) atoms. The number of hydrogen-bond donors (Lipinski definition) is 3. The number of benzene rings is 1. The van der Waals surface area contributed by atoms with E-state index in [1.54, 1.807) is 6.20 Å². The molecular weight excluding hydrogens is 192 g/mol. The topological polar surface area (TPSA) is 65.1 Å². The molecule has 1 aromatic heterocycles. The van der Waals surface area contributed by atoms with Crippen LogP contribution in [0.1, 0.15) is 17.2 Å². The summed E-state index contributed by atoms with van der Waals surface area (Å²) in [6.07, 6.45) is 1.78. The van der Waals surface area contributed by atoms with E-state index in [4.69, 9.17) is 5.11 Å². The Morgan fingerprint density at radius 1 is 1.47 bits per heavy atom. The van der Waals surface area contributed by atoms with Crippen molar-refractivity contribution < 1.29 is 9.90 Å². The molecule has 0 bridgehead atoms. The highest BCUT2D eigenvalue weighted by Crippen LogP contribution is 2.31. The highest BCUT2D eigenvalue weighted by atomic mass is 16.4. The first kappa shape index (κ1) is 8.49. The van der Waals surface area contributed by atoms with Gasteiger partial charge in [-0.2, -0.15) is 0 Å². The van der Waals surface area contributed by atoms with Crippen LogP contribution in [0.25, 0.3) is 10.9 Å². The van der Waals surface area contributed by atoms with E-state index in [2.05, 4.69) is 10.3 Å². The van der Waals surface area contributed by atoms with E-state index in [9.17, 15) is 4.79 Å². The molecule has 4 nitrogen and oxygen atoms in total. The number of carboxylic acid groups (broad SMARTS) is 1. The van der Waals surface area contributed by atoms with Crippen LogP contribution in [0.5, 0.6) is 0 Å². The minimum Gasteiger partial charge on any atom is -0.480 e. The molecule has 0 fully saturated rings. The van der Waals surface area contributed by atoms with Crippen LogP contribution in [-0.4, -0.2) is 16.1 Å². The van der Waals surface area contributed by atoms with E-state index < -0.39 is 12.0 Å². The van der Waals surface area contributed by atoms with Crippen molar-refractivity contribution in [3.8, 4) is 0 Å². The first-order valence-corrected chi connectivity index (χ1v) is 4.82. The molecule has 1 atom stereocenters. The SMILES string of the molecule is O=C(O)C1NCc2cccc3[nH]cc1c23. The number of aliphatic carboxylic acids is 1. The zero-order valence-corrected chi connectivity index (χ0v) is 7.95. The summed E-state index contributed by atoms with van der Waals surface area (Å²) in [5.41, 5.74) is 3.00. The second-order valence-corrected chi connectivity index (χ2v) is 3.74. The Kier molecular flexibility index (Phi) is 1.61. The maximum Gasteiger partial charge on any atom is 0.325 e. The van der Waals surface area contributed by atoms with Gasteiger partial charge in [0.15, 0.2) is 0 Å². The first-order valence-electron chi connectivity index (χ1n) is 4.82. The van der Waals surface area contributed by atoms with Crippen LogP contribution in [0.4, 0.5) is 0 Å². The molecule has 3 rings (SSSR count). The molecule has 4 heteroatoms. The molecular formula is C11H10N2O2. The standard InChI is InChI=1S/C11H10N2O2/c14-11(15)10-7-5-12-8-3-1-2-6(4-13-10)9(7)8/h1-3,5,10,12-13H,4H2,(H,14,15). The lowest BCUT2D eigenvalue weighted by atomic mass is 9.97. The molecule has 1 unspecified atom stereocenters. The van der Waals surface area contributed by atoms with Crippen molar-refractivity contribution >= 4 is 16.9 Å². The van der Waals surface area contributed by atoms with E-state index in [1.807, 2.05) is 18.2 Å². The van der Waals surface area contributed by atoms with Gasteiger partial charge in [-0.3, -0.25) is 10.1 Å². The Hall–Kier alpha value is -1.81. The van der Waals surface area contributed by atoms with Crippen LogP contribution in [0.15, 0.2) is 24.4 Å². The summed E-state index contributed by atoms with van der Waals surface area (Å²) in [5, 5.41) is 13.1. The summed E-state index contributed by atoms with van der Waals surface area (Å²) < 4.78 is 0. The van der Waals surface area contributed by atoms with Crippen molar-refractivity contribution in [2.75, 3.05) is 0 Å². The Labute approximate surface area is 85.9 Å². The number of carbonyl (C=O) groups is 1. The van der Waals surface area contributed by atoms with Crippen molar-refractivity contribution in [1.82, 2.24) is 10.3 Å². The van der Waals surface area contributed by atoms with Gasteiger partial charge in [-0.05, 0) is 11.6 Å². The maximum atomic E-state index is 11.0. The summed E-state index contributed by atoms with van der Waals surface area (Å²) in [7, 11) is 0. The van der Waals surface area contributed by atoms with E-state index in [0.717, 1.165) is 22.0 Å². The van der Waals surface area contributed by atoms with Gasteiger partial charge in [-0.15, -0.1) is 0 Å². The van der Waals surface area contributed by atoms with Gasteiger partial charge in [0.25, 0.3) is 0 Å². The largest absolute Gasteiger partial charge is 0.480 e. The van der Waals surface area contributed by atoms with Crippen LogP contribution in [0, 0.1) is 0 Å². The predicted molar refractivity (Wildman–Crippen MR) is 55.5 cm³/mol. The fourth-order valence-corrected chi connectivity index (χ4v) is 2.21. The molecule has 2 aromatic rings. The highest BCUT2D eigenvalue weighted by Gasteiger charge is 2.27. The molecule has 2 heterocycles. The van der Waals surface area contributed by atoms with Crippen LogP contribution in [0.2, 0.25) is 0 Å². The highest BCUT2D eigenvalue weighted by molar-refractivity contribution is 5.92. The summed E-state index contributed by atoms with van der Waals surface area (Å²) in [6, 6.07) is 5.37. The molecule has 0 saturated carbocycles. The third kappa shape index (κ3) is 1.08. The zero-order valence-electron chi connectivity index (χ0n) is 7.95. The monoisotopic (exact) mass is 202 g/mol. The lowest BCUT2D eigenvalue weighted by Gasteiger charge is -2.20. The number of carboxylic acids is 1. The molecule has 0 spiro atoms. The van der Waals surface area contributed by atoms with Crippen molar-refractivity contribution in [2.24, 2.45) is 0 Å². The van der Waals surface area contributed by atoms with E-state index in [0.29, 0.717) is 6.54 Å². The number of aromatic nitrogens is 1. The third-order valence-corrected chi connectivity index (χ3v) is 2.88. The number of hydrogen-bond acceptors (Lipinski definition) is 2. The Bertz CT molecular complexity index is 545. The Morgan fingerprint density at radius 2 is 2.33 bits per heavy atom. The molecule has 76 valence electrons. The van der Waals surface area contributed by atoms with Gasteiger partial charge in [-0.25, -0.2) is 0 Å². The number of rotatable bonds is 1. The fourth-order valence-electron chi connectivity index (χ4n) is 2.21. The van der Waals surface area contributed by atoms with Gasteiger partial charge in [0, 0.05) is 29.2 Å². The summed E-state index contributed by atoms with van der Waals surface area (Å²) >= 11 is 0. The number of H-pyrrole nitrogens is 1. The molecule has 0 amide bonds. The van der Waals surface area contributed by atoms with Gasteiger partial charge < -0.3 is 10.1 Å². The van der Waals surface area contributed by atoms with Crippen LogP contribution in [0.3, 0.4) is 0 Å². The molecule has 1 aliphatic heterocycles. The minimum atomic E-state index is -0.828. The second kappa shape index (κ2) is 2.84. The fraction of sp³-hybridized carbons (Fsp3) is 0.182. The quantitative estimate of drug-likeness (QED) is 0.654. The summed E-state index contributed by atoms with van der Waals surface area (Å²) in [5.74, 6) is -0.828. The Morgan fingerprint density at radius 3 is 3.13 bits per heavy atom. The normalized spacial score (nSPS) is 19.3. The van der Waals surface area contributed by atoms with E-state index in [-0.39, 0.29) is 0 Å². The maximum absolute atomic E-state index is 11.0. The molecule has 3 N–H and O–H groups in total. The molecule has 0 aliphatic carbocycles. The van der Waals surface area contributed by atoms with Gasteiger partial charge >= 0.3 is 5.97 Å². The number of aromatic amines is 1. The summed E-state index contributed by atoms with van der Waals surface area (Å²) in [6.45, 7) is 0.610. The number of nitrogens with one attached hydrogen (secondary N) is 2. The van der Waals surface area contributed by atoms with E-state index in [1.165, 1.54) is 0 Å². The molecule has 0 saturated heterocycles. The zero-order chi connectivity index (χ0) is 10.4. The van der Waals surface area contributed by atoms with Crippen molar-refractivity contribution in [3.05, 3.63) is 35.5 Å². The van der Waals surface area contributed by atoms with Crippen molar-refractivity contribution in [2.45, 2.75) is 12.6 Å². The van der Waals surface area contributed by atoms with Crippen LogP contribution in [-0.2, 0) is 11.3 Å². The Balaban J connectivity index is 2.31. The van der Waals surface area contributed by atoms with Crippen LogP contribution < -0.4 is 5.32 Å². The first-order chi connectivity index (χ1) is 7.27. The average molecular weight is 202 g/mol. The van der Waals surface area contributed by atoms with Crippen molar-refractivity contribution in [3.63, 3.8) is 0 Å². The second-order valence-electron chi connectivity index (χ2n) is 3.74. The summed E-state index contributed by atoms with van der Waals surface area (Å²) in [4.78, 5) is 14.1. The molecule has 0 radical (unpaired) electrons. The average Bonchev–Trinajstić information content (AvgIpc) is 2.65. The lowest BCUT2D eigenvalue weighted by Crippen LogP contribution is -2.30. The van der Waals surface area contributed by atoms with Crippen LogP contribution >= 0.6 is 0 Å². The van der Waals surface area contributed by atoms with Crippen molar-refractivity contribution in [1.29, 1.82) is 0 Å². The van der Waals surface area contributed by atoms with Gasteiger partial charge in [0.05, 0.1) is 0 Å². The smallest absolute Gasteiger partial charge is 0.325 e.